The summed E-state index contributed by atoms with van der Waals surface area (Å²) in [5.74, 6) is 10.6. The van der Waals surface area contributed by atoms with Crippen LogP contribution in [-0.4, -0.2) is 55.1 Å². The number of hydrogen-bond donors (Lipinski definition) is 4. The molecule has 2 aromatic carbocycles. The van der Waals surface area contributed by atoms with E-state index in [1.165, 1.54) is 17.0 Å². The Morgan fingerprint density at radius 2 is 1.70 bits per heavy atom. The van der Waals surface area contributed by atoms with Gasteiger partial charge in [-0.05, 0) is 54.2 Å². The van der Waals surface area contributed by atoms with Crippen LogP contribution in [0.2, 0.25) is 0 Å². The first-order valence-corrected chi connectivity index (χ1v) is 9.58. The third-order valence-corrected chi connectivity index (χ3v) is 5.01. The molecule has 2 aromatic rings. The number of amides is 2. The van der Waals surface area contributed by atoms with Crippen LogP contribution in [0.1, 0.15) is 20.7 Å². The van der Waals surface area contributed by atoms with Gasteiger partial charge in [-0.15, -0.1) is 0 Å². The van der Waals surface area contributed by atoms with E-state index in [1.807, 2.05) is 0 Å². The van der Waals surface area contributed by atoms with Crippen molar-refractivity contribution in [2.45, 2.75) is 4.90 Å². The molecule has 0 atom stereocenters. The number of benzene rings is 2. The molecule has 0 heterocycles. The van der Waals surface area contributed by atoms with Crippen LogP contribution in [0.25, 0.3) is 0 Å². The third kappa shape index (κ3) is 5.86. The van der Waals surface area contributed by atoms with Gasteiger partial charge in [0.25, 0.3) is 11.8 Å². The lowest BCUT2D eigenvalue weighted by Crippen LogP contribution is -2.32. The fourth-order valence-corrected chi connectivity index (χ4v) is 3.21. The largest absolute Gasteiger partial charge is 0.345 e. The van der Waals surface area contributed by atoms with E-state index in [4.69, 9.17) is 16.5 Å². The molecule has 0 saturated carbocycles. The smallest absolute Gasteiger partial charge is 0.256 e. The molecule has 11 heteroatoms. The molecule has 160 valence electrons. The van der Waals surface area contributed by atoms with Crippen molar-refractivity contribution in [1.29, 1.82) is 0 Å². The highest BCUT2D eigenvalue weighted by Crippen LogP contribution is 2.28. The highest BCUT2D eigenvalue weighted by atomic mass is 32.2. The van der Waals surface area contributed by atoms with Crippen LogP contribution in [0.3, 0.4) is 0 Å². The molecule has 6 N–H and O–H groups in total. The molecule has 30 heavy (non-hydrogen) atoms. The van der Waals surface area contributed by atoms with Crippen molar-refractivity contribution < 1.29 is 14.4 Å². The number of amidine groups is 1. The van der Waals surface area contributed by atoms with Crippen LogP contribution in [0, 0.1) is 0 Å². The topological polar surface area (TPSA) is 138 Å². The molecule has 0 aromatic heterocycles. The molecule has 0 saturated heterocycles. The van der Waals surface area contributed by atoms with Gasteiger partial charge in [0.2, 0.25) is 5.17 Å². The number of rotatable bonds is 6. The first-order valence-electron chi connectivity index (χ1n) is 8.77. The van der Waals surface area contributed by atoms with Gasteiger partial charge in [0.15, 0.2) is 0 Å². The lowest BCUT2D eigenvalue weighted by molar-refractivity contribution is 0.0827. The molecule has 2 rings (SSSR count). The molecule has 0 aliphatic carbocycles. The van der Waals surface area contributed by atoms with Crippen molar-refractivity contribution >= 4 is 40.1 Å². The number of carbonyl (C=O) groups is 2. The average molecular weight is 432 g/mol. The van der Waals surface area contributed by atoms with Gasteiger partial charge in [-0.25, -0.2) is 5.84 Å². The lowest BCUT2D eigenvalue weighted by Gasteiger charge is -2.16. The number of hydrogen-bond acceptors (Lipinski definition) is 8. The Bertz CT molecular complexity index is 930. The fourth-order valence-electron chi connectivity index (χ4n) is 2.42. The van der Waals surface area contributed by atoms with E-state index >= 15 is 0 Å². The maximum atomic E-state index is 13.0. The normalized spacial score (nSPS) is 11.0. The average Bonchev–Trinajstić information content (AvgIpc) is 2.72. The maximum absolute atomic E-state index is 13.0. The summed E-state index contributed by atoms with van der Waals surface area (Å²) < 4.78 is 0. The van der Waals surface area contributed by atoms with Gasteiger partial charge in [-0.1, -0.05) is 0 Å². The van der Waals surface area contributed by atoms with E-state index in [0.29, 0.717) is 32.6 Å². The summed E-state index contributed by atoms with van der Waals surface area (Å²) >= 11 is 1.14. The van der Waals surface area contributed by atoms with Crippen molar-refractivity contribution in [2.24, 2.45) is 16.8 Å². The predicted octanol–water partition coefficient (Wildman–Crippen LogP) is 1.74. The second-order valence-electron chi connectivity index (χ2n) is 6.37. The molecule has 2 amide bonds. The number of anilines is 2. The summed E-state index contributed by atoms with van der Waals surface area (Å²) in [4.78, 5) is 32.0. The molecule has 0 aliphatic rings. The van der Waals surface area contributed by atoms with Gasteiger partial charge in [0.1, 0.15) is 0 Å². The van der Waals surface area contributed by atoms with Crippen LogP contribution < -0.4 is 22.5 Å². The number of thioether (sulfide) groups is 1. The maximum Gasteiger partial charge on any atom is 0.256 e. The Balaban J connectivity index is 2.30. The Morgan fingerprint density at radius 3 is 2.23 bits per heavy atom. The van der Waals surface area contributed by atoms with Crippen LogP contribution in [0.15, 0.2) is 52.5 Å². The van der Waals surface area contributed by atoms with Crippen molar-refractivity contribution in [3.8, 4) is 0 Å². The van der Waals surface area contributed by atoms with Gasteiger partial charge in [-0.2, -0.15) is 5.10 Å². The van der Waals surface area contributed by atoms with Crippen molar-refractivity contribution in [2.75, 3.05) is 39.0 Å². The highest BCUT2D eigenvalue weighted by molar-refractivity contribution is 8.13. The second-order valence-corrected chi connectivity index (χ2v) is 7.38. The van der Waals surface area contributed by atoms with Crippen molar-refractivity contribution in [1.82, 2.24) is 9.91 Å². The molecule has 0 spiro atoms. The summed E-state index contributed by atoms with van der Waals surface area (Å²) in [6, 6.07) is 11.7. The number of nitrogens with zero attached hydrogens (tertiary/aromatic N) is 3. The van der Waals surface area contributed by atoms with E-state index < -0.39 is 0 Å². The molecule has 10 nitrogen and oxygen atoms in total. The SMILES string of the molecule is CONc1ccc(S/C(=N/N)N(C)N)c(C(=O)Nc2ccc(C(=O)N(C)C)cc2)c1. The lowest BCUT2D eigenvalue weighted by atomic mass is 10.1. The molecular formula is C19H25N7O3S. The van der Waals surface area contributed by atoms with Gasteiger partial charge in [0.05, 0.1) is 18.4 Å². The molecule has 0 aliphatic heterocycles. The Hall–Kier alpha value is -3.28. The van der Waals surface area contributed by atoms with Gasteiger partial charge >= 0.3 is 0 Å². The number of carbonyl (C=O) groups excluding carboxylic acids is 2. The molecule has 0 radical (unpaired) electrons. The van der Waals surface area contributed by atoms with E-state index in [2.05, 4.69) is 15.9 Å². The first kappa shape index (κ1) is 23.0. The van der Waals surface area contributed by atoms with Crippen molar-refractivity contribution in [3.63, 3.8) is 0 Å². The minimum atomic E-state index is -0.361. The fraction of sp³-hybridized carbons (Fsp3) is 0.211. The number of nitrogens with one attached hydrogen (secondary N) is 2. The number of hydrazine groups is 1. The molecule has 0 bridgehead atoms. The van der Waals surface area contributed by atoms with Crippen LogP contribution in [-0.2, 0) is 4.84 Å². The van der Waals surface area contributed by atoms with Crippen LogP contribution in [0.4, 0.5) is 11.4 Å². The standard InChI is InChI=1S/C19H25N7O3S/c1-25(2)18(28)12-5-7-13(8-6-12)22-17(27)15-11-14(24-29-4)9-10-16(15)30-19(23-20)26(3)21/h5-11,24H,20-21H2,1-4H3,(H,22,27)/b23-19+. The zero-order valence-corrected chi connectivity index (χ0v) is 18.0. The van der Waals surface area contributed by atoms with Crippen molar-refractivity contribution in [3.05, 3.63) is 53.6 Å². The monoisotopic (exact) mass is 431 g/mol. The quantitative estimate of drug-likeness (QED) is 0.178. The summed E-state index contributed by atoms with van der Waals surface area (Å²) in [5.41, 5.74) is 4.71. The zero-order chi connectivity index (χ0) is 22.3. The zero-order valence-electron chi connectivity index (χ0n) is 17.2. The van der Waals surface area contributed by atoms with E-state index in [1.54, 1.807) is 63.6 Å². The minimum Gasteiger partial charge on any atom is -0.345 e. The molecule has 0 unspecified atom stereocenters. The van der Waals surface area contributed by atoms with Gasteiger partial charge in [0, 0.05) is 37.3 Å². The van der Waals surface area contributed by atoms with Gasteiger partial charge in [-0.3, -0.25) is 24.9 Å². The Labute approximate surface area is 179 Å². The first-order chi connectivity index (χ1) is 14.3. The number of hydrazone groups is 1. The Kier molecular flexibility index (Phi) is 8.04. The van der Waals surface area contributed by atoms with E-state index in [-0.39, 0.29) is 11.8 Å². The Morgan fingerprint density at radius 1 is 1.07 bits per heavy atom. The van der Waals surface area contributed by atoms with E-state index in [9.17, 15) is 9.59 Å². The van der Waals surface area contributed by atoms with Crippen LogP contribution >= 0.6 is 11.8 Å². The molecule has 0 fully saturated rings. The summed E-state index contributed by atoms with van der Waals surface area (Å²) in [7, 11) is 6.42. The van der Waals surface area contributed by atoms with Crippen LogP contribution in [0.5, 0.6) is 0 Å². The van der Waals surface area contributed by atoms with Gasteiger partial charge < -0.3 is 16.1 Å². The summed E-state index contributed by atoms with van der Waals surface area (Å²) in [6.45, 7) is 0. The second kappa shape index (κ2) is 10.5. The summed E-state index contributed by atoms with van der Waals surface area (Å²) in [6.07, 6.45) is 0. The predicted molar refractivity (Wildman–Crippen MR) is 119 cm³/mol. The van der Waals surface area contributed by atoms with E-state index in [0.717, 1.165) is 11.8 Å². The molecular weight excluding hydrogens is 406 g/mol. The number of nitrogens with two attached hydrogens (primary N) is 2. The summed E-state index contributed by atoms with van der Waals surface area (Å²) in [5, 5.41) is 8.04. The third-order valence-electron chi connectivity index (χ3n) is 3.85. The highest BCUT2D eigenvalue weighted by Gasteiger charge is 2.17. The minimum absolute atomic E-state index is 0.121.